The SMILES string of the molecule is CCOC(=O)/C(C#N)=C(\S)Nc1ccccc1. The van der Waals surface area contributed by atoms with Crippen molar-refractivity contribution < 1.29 is 9.53 Å². The first-order valence-corrected chi connectivity index (χ1v) is 5.46. The zero-order chi connectivity index (χ0) is 12.7. The Morgan fingerprint density at radius 3 is 2.65 bits per heavy atom. The predicted octanol–water partition coefficient (Wildman–Crippen LogP) is 2.33. The summed E-state index contributed by atoms with van der Waals surface area (Å²) in [6.45, 7) is 1.89. The minimum Gasteiger partial charge on any atom is -0.462 e. The van der Waals surface area contributed by atoms with Crippen molar-refractivity contribution in [1.82, 2.24) is 0 Å². The highest BCUT2D eigenvalue weighted by Crippen LogP contribution is 2.15. The number of hydrogen-bond donors (Lipinski definition) is 2. The van der Waals surface area contributed by atoms with Crippen LogP contribution < -0.4 is 5.32 Å². The molecule has 0 aliphatic heterocycles. The van der Waals surface area contributed by atoms with Gasteiger partial charge in [-0.3, -0.25) is 0 Å². The minimum atomic E-state index is -0.677. The summed E-state index contributed by atoms with van der Waals surface area (Å²) in [6, 6.07) is 10.9. The lowest BCUT2D eigenvalue weighted by molar-refractivity contribution is -0.138. The van der Waals surface area contributed by atoms with E-state index < -0.39 is 5.97 Å². The molecule has 0 aliphatic rings. The fraction of sp³-hybridized carbons (Fsp3) is 0.167. The lowest BCUT2D eigenvalue weighted by Crippen LogP contribution is -2.10. The largest absolute Gasteiger partial charge is 0.462 e. The van der Waals surface area contributed by atoms with Crippen molar-refractivity contribution in [3.8, 4) is 6.07 Å². The van der Waals surface area contributed by atoms with E-state index in [1.54, 1.807) is 25.1 Å². The van der Waals surface area contributed by atoms with Crippen molar-refractivity contribution in [2.24, 2.45) is 0 Å². The molecule has 4 nitrogen and oxygen atoms in total. The van der Waals surface area contributed by atoms with E-state index in [0.717, 1.165) is 5.69 Å². The molecule has 88 valence electrons. The maximum atomic E-state index is 11.4. The molecule has 1 N–H and O–H groups in total. The average Bonchev–Trinajstić information content (AvgIpc) is 2.31. The van der Waals surface area contributed by atoms with Crippen LogP contribution in [0.1, 0.15) is 6.92 Å². The number of anilines is 1. The summed E-state index contributed by atoms with van der Waals surface area (Å²) in [5.41, 5.74) is 0.605. The molecular formula is C12H12N2O2S. The number of nitriles is 1. The maximum Gasteiger partial charge on any atom is 0.351 e. The number of ether oxygens (including phenoxy) is 1. The molecule has 0 atom stereocenters. The van der Waals surface area contributed by atoms with Crippen LogP contribution in [-0.2, 0) is 9.53 Å². The summed E-state index contributed by atoms with van der Waals surface area (Å²) in [4.78, 5) is 11.4. The van der Waals surface area contributed by atoms with Crippen LogP contribution in [0.15, 0.2) is 40.9 Å². The summed E-state index contributed by atoms with van der Waals surface area (Å²) in [6.07, 6.45) is 0. The maximum absolute atomic E-state index is 11.4. The molecule has 17 heavy (non-hydrogen) atoms. The average molecular weight is 248 g/mol. The number of hydrogen-bond acceptors (Lipinski definition) is 5. The fourth-order valence-corrected chi connectivity index (χ4v) is 1.39. The lowest BCUT2D eigenvalue weighted by Gasteiger charge is -2.07. The number of benzene rings is 1. The lowest BCUT2D eigenvalue weighted by atomic mass is 10.3. The van der Waals surface area contributed by atoms with E-state index in [4.69, 9.17) is 10.00 Å². The highest BCUT2D eigenvalue weighted by molar-refractivity contribution is 7.84. The molecule has 1 rings (SSSR count). The van der Waals surface area contributed by atoms with Crippen molar-refractivity contribution in [3.05, 3.63) is 40.9 Å². The molecule has 0 bridgehead atoms. The van der Waals surface area contributed by atoms with Crippen LogP contribution in [0.5, 0.6) is 0 Å². The van der Waals surface area contributed by atoms with Crippen LogP contribution in [-0.4, -0.2) is 12.6 Å². The molecule has 0 aliphatic carbocycles. The number of carbonyl (C=O) groups is 1. The van der Waals surface area contributed by atoms with E-state index in [1.165, 1.54) is 0 Å². The van der Waals surface area contributed by atoms with Gasteiger partial charge in [0.05, 0.1) is 11.6 Å². The Bertz CT molecular complexity index is 463. The second-order valence-electron chi connectivity index (χ2n) is 3.05. The van der Waals surface area contributed by atoms with Gasteiger partial charge >= 0.3 is 5.97 Å². The number of esters is 1. The molecule has 1 aromatic carbocycles. The van der Waals surface area contributed by atoms with Gasteiger partial charge in [0.15, 0.2) is 5.57 Å². The summed E-state index contributed by atoms with van der Waals surface area (Å²) < 4.78 is 4.75. The van der Waals surface area contributed by atoms with Crippen LogP contribution in [0.3, 0.4) is 0 Å². The Labute approximate surface area is 105 Å². The van der Waals surface area contributed by atoms with Crippen molar-refractivity contribution in [1.29, 1.82) is 5.26 Å². The van der Waals surface area contributed by atoms with Crippen molar-refractivity contribution in [3.63, 3.8) is 0 Å². The topological polar surface area (TPSA) is 62.1 Å². The van der Waals surface area contributed by atoms with Crippen LogP contribution in [0.2, 0.25) is 0 Å². The zero-order valence-corrected chi connectivity index (χ0v) is 10.2. The summed E-state index contributed by atoms with van der Waals surface area (Å²) in [5, 5.41) is 11.9. The number of nitrogens with zero attached hydrogens (tertiary/aromatic N) is 1. The van der Waals surface area contributed by atoms with Gasteiger partial charge in [-0.05, 0) is 19.1 Å². The molecular weight excluding hydrogens is 236 g/mol. The molecule has 0 unspecified atom stereocenters. The summed E-state index contributed by atoms with van der Waals surface area (Å²) in [7, 11) is 0. The summed E-state index contributed by atoms with van der Waals surface area (Å²) in [5.74, 6) is -0.677. The van der Waals surface area contributed by atoms with E-state index >= 15 is 0 Å². The second kappa shape index (κ2) is 6.61. The number of nitrogens with one attached hydrogen (secondary N) is 1. The molecule has 0 aromatic heterocycles. The third-order valence-corrected chi connectivity index (χ3v) is 2.20. The molecule has 0 amide bonds. The third-order valence-electron chi connectivity index (χ3n) is 1.86. The van der Waals surface area contributed by atoms with E-state index in [9.17, 15) is 4.79 Å². The van der Waals surface area contributed by atoms with Crippen molar-refractivity contribution >= 4 is 24.3 Å². The van der Waals surface area contributed by atoms with Crippen LogP contribution in [0.4, 0.5) is 5.69 Å². The van der Waals surface area contributed by atoms with Gasteiger partial charge in [0.2, 0.25) is 0 Å². The fourth-order valence-electron chi connectivity index (χ4n) is 1.12. The van der Waals surface area contributed by atoms with E-state index in [0.29, 0.717) is 0 Å². The molecule has 0 heterocycles. The normalized spacial score (nSPS) is 11.1. The molecule has 0 radical (unpaired) electrons. The summed E-state index contributed by atoms with van der Waals surface area (Å²) >= 11 is 4.09. The number of para-hydroxylation sites is 1. The van der Waals surface area contributed by atoms with Crippen LogP contribution in [0, 0.1) is 11.3 Å². The van der Waals surface area contributed by atoms with Crippen molar-refractivity contribution in [2.75, 3.05) is 11.9 Å². The Morgan fingerprint density at radius 1 is 1.47 bits per heavy atom. The van der Waals surface area contributed by atoms with Crippen LogP contribution in [0.25, 0.3) is 0 Å². The predicted molar refractivity (Wildman–Crippen MR) is 68.3 cm³/mol. The number of carbonyl (C=O) groups excluding carboxylic acids is 1. The highest BCUT2D eigenvalue weighted by Gasteiger charge is 2.14. The van der Waals surface area contributed by atoms with Gasteiger partial charge < -0.3 is 10.1 Å². The molecule has 1 aromatic rings. The smallest absolute Gasteiger partial charge is 0.351 e. The van der Waals surface area contributed by atoms with Gasteiger partial charge in [0.1, 0.15) is 6.07 Å². The Hall–Kier alpha value is -1.93. The first kappa shape index (κ1) is 13.1. The number of thiol groups is 1. The zero-order valence-electron chi connectivity index (χ0n) is 9.30. The highest BCUT2D eigenvalue weighted by atomic mass is 32.1. The molecule has 0 spiro atoms. The second-order valence-corrected chi connectivity index (χ2v) is 3.49. The first-order valence-electron chi connectivity index (χ1n) is 5.01. The quantitative estimate of drug-likeness (QED) is 0.371. The third kappa shape index (κ3) is 3.85. The van der Waals surface area contributed by atoms with E-state index in [2.05, 4.69) is 17.9 Å². The van der Waals surface area contributed by atoms with Gasteiger partial charge in [-0.25, -0.2) is 4.79 Å². The van der Waals surface area contributed by atoms with Gasteiger partial charge in [-0.2, -0.15) is 5.26 Å². The molecule has 0 saturated carbocycles. The van der Waals surface area contributed by atoms with Gasteiger partial charge in [0.25, 0.3) is 0 Å². The number of rotatable bonds is 4. The standard InChI is InChI=1S/C12H12N2O2S/c1-2-16-12(15)10(8-13)11(17)14-9-6-4-3-5-7-9/h3-7,14,17H,2H2,1H3/b11-10-. The molecule has 0 saturated heterocycles. The Kier molecular flexibility index (Phi) is 5.11. The molecule has 5 heteroatoms. The van der Waals surface area contributed by atoms with Crippen molar-refractivity contribution in [2.45, 2.75) is 6.92 Å². The Balaban J connectivity index is 2.88. The van der Waals surface area contributed by atoms with Gasteiger partial charge in [0, 0.05) is 5.69 Å². The Morgan fingerprint density at radius 2 is 2.12 bits per heavy atom. The van der Waals surface area contributed by atoms with Gasteiger partial charge in [-0.15, -0.1) is 12.6 Å². The van der Waals surface area contributed by atoms with Gasteiger partial charge in [-0.1, -0.05) is 18.2 Å². The first-order chi connectivity index (χ1) is 8.19. The molecule has 0 fully saturated rings. The van der Waals surface area contributed by atoms with E-state index in [-0.39, 0.29) is 17.2 Å². The minimum absolute atomic E-state index is 0.140. The van der Waals surface area contributed by atoms with E-state index in [1.807, 2.05) is 18.2 Å². The monoisotopic (exact) mass is 248 g/mol. The van der Waals surface area contributed by atoms with Crippen LogP contribution >= 0.6 is 12.6 Å².